The van der Waals surface area contributed by atoms with Gasteiger partial charge in [-0.1, -0.05) is 84.0 Å². The van der Waals surface area contributed by atoms with Gasteiger partial charge in [-0.25, -0.2) is 4.79 Å². The van der Waals surface area contributed by atoms with Crippen LogP contribution in [0.15, 0.2) is 0 Å². The van der Waals surface area contributed by atoms with Crippen molar-refractivity contribution in [2.45, 2.75) is 96.8 Å². The van der Waals surface area contributed by atoms with Crippen LogP contribution in [0.25, 0.3) is 0 Å². The first kappa shape index (κ1) is 21.9. The van der Waals surface area contributed by atoms with Crippen LogP contribution in [-0.4, -0.2) is 23.7 Å². The summed E-state index contributed by atoms with van der Waals surface area (Å²) in [6.45, 7) is 1.98. The number of unbranched alkanes of at least 4 members (excludes halogenated alkanes) is 12. The van der Waals surface area contributed by atoms with Gasteiger partial charge in [0.25, 0.3) is 0 Å². The molecule has 0 saturated carbocycles. The van der Waals surface area contributed by atoms with Crippen LogP contribution in [0.3, 0.4) is 0 Å². The second kappa shape index (κ2) is 17.3. The molecule has 0 aromatic rings. The van der Waals surface area contributed by atoms with Crippen LogP contribution >= 0.6 is 0 Å². The SMILES string of the molecule is CCCCCCCCCCCCCCCC(=O)NCC(=O)OO. The van der Waals surface area contributed by atoms with Gasteiger partial charge in [0.1, 0.15) is 6.54 Å². The third-order valence-corrected chi connectivity index (χ3v) is 4.04. The second-order valence-electron chi connectivity index (χ2n) is 6.23. The summed E-state index contributed by atoms with van der Waals surface area (Å²) in [7, 11) is 0. The maximum atomic E-state index is 11.4. The Labute approximate surface area is 141 Å². The first-order valence-corrected chi connectivity index (χ1v) is 9.31. The Hall–Kier alpha value is -1.10. The maximum Gasteiger partial charge on any atom is 0.360 e. The molecule has 5 heteroatoms. The van der Waals surface area contributed by atoms with Gasteiger partial charge in [-0.05, 0) is 6.42 Å². The van der Waals surface area contributed by atoms with Gasteiger partial charge in [-0.15, -0.1) is 0 Å². The van der Waals surface area contributed by atoms with Crippen LogP contribution in [0, 0.1) is 0 Å². The summed E-state index contributed by atoms with van der Waals surface area (Å²) in [5, 5.41) is 10.4. The summed E-state index contributed by atoms with van der Waals surface area (Å²) in [6, 6.07) is 0. The Kier molecular flexibility index (Phi) is 16.4. The molecule has 0 aliphatic heterocycles. The van der Waals surface area contributed by atoms with Crippen molar-refractivity contribution in [2.75, 3.05) is 6.54 Å². The largest absolute Gasteiger partial charge is 0.360 e. The number of rotatable bonds is 16. The van der Waals surface area contributed by atoms with Gasteiger partial charge in [0.05, 0.1) is 0 Å². The molecule has 136 valence electrons. The van der Waals surface area contributed by atoms with Gasteiger partial charge in [0, 0.05) is 6.42 Å². The van der Waals surface area contributed by atoms with Crippen molar-refractivity contribution in [1.29, 1.82) is 0 Å². The molecule has 2 N–H and O–H groups in total. The van der Waals surface area contributed by atoms with E-state index in [1.165, 1.54) is 70.6 Å². The first-order chi connectivity index (χ1) is 11.2. The van der Waals surface area contributed by atoms with E-state index >= 15 is 0 Å². The minimum absolute atomic E-state index is 0.168. The lowest BCUT2D eigenvalue weighted by molar-refractivity contribution is -0.233. The molecule has 0 spiro atoms. The molecular formula is C18H35NO4. The molecule has 0 unspecified atom stereocenters. The van der Waals surface area contributed by atoms with Crippen molar-refractivity contribution in [3.63, 3.8) is 0 Å². The van der Waals surface area contributed by atoms with Gasteiger partial charge < -0.3 is 5.32 Å². The van der Waals surface area contributed by atoms with Crippen molar-refractivity contribution < 1.29 is 19.7 Å². The number of amides is 1. The predicted molar refractivity (Wildman–Crippen MR) is 92.0 cm³/mol. The zero-order valence-electron chi connectivity index (χ0n) is 14.8. The third kappa shape index (κ3) is 17.1. The summed E-state index contributed by atoms with van der Waals surface area (Å²) in [4.78, 5) is 25.5. The van der Waals surface area contributed by atoms with Crippen LogP contribution in [0.4, 0.5) is 0 Å². The van der Waals surface area contributed by atoms with E-state index in [0.717, 1.165) is 12.8 Å². The third-order valence-electron chi connectivity index (χ3n) is 4.04. The van der Waals surface area contributed by atoms with E-state index in [0.29, 0.717) is 6.42 Å². The first-order valence-electron chi connectivity index (χ1n) is 9.31. The van der Waals surface area contributed by atoms with Crippen LogP contribution < -0.4 is 5.32 Å². The Morgan fingerprint density at radius 2 is 1.22 bits per heavy atom. The van der Waals surface area contributed by atoms with Crippen molar-refractivity contribution in [3.05, 3.63) is 0 Å². The Balaban J connectivity index is 3.15. The summed E-state index contributed by atoms with van der Waals surface area (Å²) in [6.07, 6.45) is 17.0. The van der Waals surface area contributed by atoms with Crippen molar-refractivity contribution in [2.24, 2.45) is 0 Å². The number of carbonyl (C=O) groups excluding carboxylic acids is 2. The highest BCUT2D eigenvalue weighted by Gasteiger charge is 2.05. The normalized spacial score (nSPS) is 10.5. The highest BCUT2D eigenvalue weighted by Crippen LogP contribution is 2.12. The number of hydrogen-bond acceptors (Lipinski definition) is 4. The average Bonchev–Trinajstić information content (AvgIpc) is 2.56. The highest BCUT2D eigenvalue weighted by atomic mass is 17.1. The van der Waals surface area contributed by atoms with E-state index in [1.54, 1.807) is 0 Å². The fourth-order valence-corrected chi connectivity index (χ4v) is 2.59. The lowest BCUT2D eigenvalue weighted by Crippen LogP contribution is -2.29. The summed E-state index contributed by atoms with van der Waals surface area (Å²) in [5.41, 5.74) is 0. The lowest BCUT2D eigenvalue weighted by atomic mass is 10.0. The second-order valence-corrected chi connectivity index (χ2v) is 6.23. The van der Waals surface area contributed by atoms with Crippen molar-refractivity contribution in [1.82, 2.24) is 5.32 Å². The smallest absolute Gasteiger partial charge is 0.345 e. The maximum absolute atomic E-state index is 11.4. The average molecular weight is 329 g/mol. The molecule has 23 heavy (non-hydrogen) atoms. The highest BCUT2D eigenvalue weighted by molar-refractivity contribution is 5.81. The van der Waals surface area contributed by atoms with E-state index in [2.05, 4.69) is 17.1 Å². The van der Waals surface area contributed by atoms with Crippen molar-refractivity contribution in [3.8, 4) is 0 Å². The van der Waals surface area contributed by atoms with Crippen molar-refractivity contribution >= 4 is 11.9 Å². The van der Waals surface area contributed by atoms with E-state index in [9.17, 15) is 9.59 Å². The molecule has 0 fully saturated rings. The van der Waals surface area contributed by atoms with Gasteiger partial charge in [0.15, 0.2) is 0 Å². The number of hydrogen-bond donors (Lipinski definition) is 2. The molecule has 5 nitrogen and oxygen atoms in total. The summed E-state index contributed by atoms with van der Waals surface area (Å²) >= 11 is 0. The molecule has 0 aromatic heterocycles. The van der Waals surface area contributed by atoms with Gasteiger partial charge in [-0.2, -0.15) is 5.26 Å². The van der Waals surface area contributed by atoms with E-state index in [1.807, 2.05) is 0 Å². The van der Waals surface area contributed by atoms with Gasteiger partial charge in [-0.3, -0.25) is 9.68 Å². The molecule has 0 aliphatic carbocycles. The standard InChI is InChI=1S/C18H35NO4/c1-2-3-4-5-6-7-8-9-10-11-12-13-14-15-17(20)19-16-18(21)23-22/h22H,2-16H2,1H3,(H,19,20). The fraction of sp³-hybridized carbons (Fsp3) is 0.889. The van der Waals surface area contributed by atoms with Crippen LogP contribution in [-0.2, 0) is 14.5 Å². The van der Waals surface area contributed by atoms with Gasteiger partial charge >= 0.3 is 5.97 Å². The lowest BCUT2D eigenvalue weighted by Gasteiger charge is -2.04. The van der Waals surface area contributed by atoms with E-state index < -0.39 is 5.97 Å². The number of nitrogens with one attached hydrogen (secondary N) is 1. The molecule has 0 radical (unpaired) electrons. The van der Waals surface area contributed by atoms with E-state index in [4.69, 9.17) is 5.26 Å². The molecule has 0 saturated heterocycles. The molecule has 0 atom stereocenters. The van der Waals surface area contributed by atoms with Crippen LogP contribution in [0.5, 0.6) is 0 Å². The predicted octanol–water partition coefficient (Wildman–Crippen LogP) is 4.60. The summed E-state index contributed by atoms with van der Waals surface area (Å²) in [5.74, 6) is -1.01. The zero-order valence-corrected chi connectivity index (χ0v) is 14.8. The Morgan fingerprint density at radius 1 is 0.783 bits per heavy atom. The molecule has 0 bridgehead atoms. The quantitative estimate of drug-likeness (QED) is 0.246. The molecule has 1 amide bonds. The molecule has 0 rings (SSSR count). The molecular weight excluding hydrogens is 294 g/mol. The molecule has 0 heterocycles. The van der Waals surface area contributed by atoms with Crippen LogP contribution in [0.1, 0.15) is 96.8 Å². The zero-order chi connectivity index (χ0) is 17.2. The summed E-state index contributed by atoms with van der Waals surface area (Å²) < 4.78 is 0. The topological polar surface area (TPSA) is 75.6 Å². The minimum Gasteiger partial charge on any atom is -0.345 e. The Morgan fingerprint density at radius 3 is 1.65 bits per heavy atom. The monoisotopic (exact) mass is 329 g/mol. The van der Waals surface area contributed by atoms with Crippen LogP contribution in [0.2, 0.25) is 0 Å². The molecule has 0 aliphatic rings. The molecule has 0 aromatic carbocycles. The minimum atomic E-state index is -0.844. The van der Waals surface area contributed by atoms with E-state index in [-0.39, 0.29) is 12.5 Å². The Bertz CT molecular complexity index is 295. The van der Waals surface area contributed by atoms with Gasteiger partial charge in [0.2, 0.25) is 5.91 Å². The fourth-order valence-electron chi connectivity index (χ4n) is 2.59. The number of carbonyl (C=O) groups is 2.